The summed E-state index contributed by atoms with van der Waals surface area (Å²) in [5.41, 5.74) is 0.840. The predicted octanol–water partition coefficient (Wildman–Crippen LogP) is 1.64. The highest BCUT2D eigenvalue weighted by Crippen LogP contribution is 2.13. The molecule has 0 radical (unpaired) electrons. The zero-order valence-electron chi connectivity index (χ0n) is 9.68. The first-order chi connectivity index (χ1) is 8.58. The molecule has 0 unspecified atom stereocenters. The van der Waals surface area contributed by atoms with E-state index in [2.05, 4.69) is 12.5 Å². The molecular formula is C14H12O4. The van der Waals surface area contributed by atoms with Crippen LogP contribution < -0.4 is 0 Å². The van der Waals surface area contributed by atoms with Gasteiger partial charge in [-0.2, -0.15) is 0 Å². The highest BCUT2D eigenvalue weighted by Gasteiger charge is 2.14. The van der Waals surface area contributed by atoms with E-state index in [0.29, 0.717) is 11.1 Å². The van der Waals surface area contributed by atoms with Gasteiger partial charge < -0.3 is 9.84 Å². The molecule has 1 aromatic rings. The van der Waals surface area contributed by atoms with Crippen molar-refractivity contribution < 1.29 is 19.4 Å². The number of ether oxygens (including phenoxy) is 1. The second kappa shape index (κ2) is 6.26. The fraction of sp³-hybridized carbons (Fsp3) is 0.143. The second-order valence-corrected chi connectivity index (χ2v) is 3.47. The van der Waals surface area contributed by atoms with Gasteiger partial charge in [0.05, 0.1) is 12.0 Å². The molecule has 0 fully saturated rings. The Bertz CT molecular complexity index is 523. The lowest BCUT2D eigenvalue weighted by Gasteiger charge is -2.06. The molecule has 1 N–H and O–H groups in total. The quantitative estimate of drug-likeness (QED) is 0.486. The van der Waals surface area contributed by atoms with Gasteiger partial charge in [0.15, 0.2) is 0 Å². The lowest BCUT2D eigenvalue weighted by molar-refractivity contribution is -0.141. The molecule has 0 saturated heterocycles. The molecule has 0 bridgehead atoms. The van der Waals surface area contributed by atoms with E-state index in [1.165, 1.54) is 18.2 Å². The normalized spacial score (nSPS) is 9.28. The number of carboxylic acids is 1. The SMILES string of the molecule is C#Cc1ccc(CC(=O)OCC=C)c(C(=O)O)c1. The zero-order valence-corrected chi connectivity index (χ0v) is 9.68. The molecular weight excluding hydrogens is 232 g/mol. The first-order valence-electron chi connectivity index (χ1n) is 5.17. The molecule has 4 heteroatoms. The molecule has 92 valence electrons. The maximum absolute atomic E-state index is 11.4. The van der Waals surface area contributed by atoms with E-state index in [1.54, 1.807) is 6.07 Å². The Balaban J connectivity index is 2.95. The molecule has 18 heavy (non-hydrogen) atoms. The number of carboxylic acid groups (broad SMARTS) is 1. The number of hydrogen-bond acceptors (Lipinski definition) is 3. The summed E-state index contributed by atoms with van der Waals surface area (Å²) in [6, 6.07) is 4.47. The van der Waals surface area contributed by atoms with E-state index >= 15 is 0 Å². The monoisotopic (exact) mass is 244 g/mol. The van der Waals surface area contributed by atoms with Crippen LogP contribution >= 0.6 is 0 Å². The van der Waals surface area contributed by atoms with Crippen molar-refractivity contribution in [3.8, 4) is 12.3 Å². The molecule has 1 aromatic carbocycles. The number of terminal acetylenes is 1. The van der Waals surface area contributed by atoms with Crippen molar-refractivity contribution >= 4 is 11.9 Å². The molecule has 0 aliphatic heterocycles. The van der Waals surface area contributed by atoms with Crippen LogP contribution in [0.1, 0.15) is 21.5 Å². The van der Waals surface area contributed by atoms with Crippen LogP contribution in [0.2, 0.25) is 0 Å². The van der Waals surface area contributed by atoms with Crippen molar-refractivity contribution in [1.29, 1.82) is 0 Å². The predicted molar refractivity (Wildman–Crippen MR) is 66.2 cm³/mol. The minimum Gasteiger partial charge on any atom is -0.478 e. The number of esters is 1. The van der Waals surface area contributed by atoms with Gasteiger partial charge in [0.25, 0.3) is 0 Å². The molecule has 0 amide bonds. The van der Waals surface area contributed by atoms with E-state index in [9.17, 15) is 9.59 Å². The second-order valence-electron chi connectivity index (χ2n) is 3.47. The van der Waals surface area contributed by atoms with Crippen molar-refractivity contribution in [3.63, 3.8) is 0 Å². The molecule has 0 spiro atoms. The number of benzene rings is 1. The molecule has 0 aliphatic carbocycles. The summed E-state index contributed by atoms with van der Waals surface area (Å²) in [5.74, 6) is 0.710. The molecule has 0 aliphatic rings. The van der Waals surface area contributed by atoms with Crippen LogP contribution in [0.4, 0.5) is 0 Å². The molecule has 0 saturated carbocycles. The average Bonchev–Trinajstić information content (AvgIpc) is 2.36. The van der Waals surface area contributed by atoms with Gasteiger partial charge in [-0.15, -0.1) is 6.42 Å². The summed E-state index contributed by atoms with van der Waals surface area (Å²) in [6.45, 7) is 3.52. The van der Waals surface area contributed by atoms with Gasteiger partial charge in [-0.3, -0.25) is 4.79 Å². The summed E-state index contributed by atoms with van der Waals surface area (Å²) in [7, 11) is 0. The first kappa shape index (κ1) is 13.5. The summed E-state index contributed by atoms with van der Waals surface area (Å²) < 4.78 is 4.80. The summed E-state index contributed by atoms with van der Waals surface area (Å²) >= 11 is 0. The Labute approximate surface area is 105 Å². The Kier molecular flexibility index (Phi) is 4.70. The topological polar surface area (TPSA) is 63.6 Å². The summed E-state index contributed by atoms with van der Waals surface area (Å²) in [4.78, 5) is 22.4. The average molecular weight is 244 g/mol. The minimum atomic E-state index is -1.13. The lowest BCUT2D eigenvalue weighted by Crippen LogP contribution is -2.12. The largest absolute Gasteiger partial charge is 0.478 e. The zero-order chi connectivity index (χ0) is 13.5. The van der Waals surface area contributed by atoms with E-state index < -0.39 is 11.9 Å². The van der Waals surface area contributed by atoms with Crippen molar-refractivity contribution in [3.05, 3.63) is 47.5 Å². The van der Waals surface area contributed by atoms with Crippen LogP contribution in [-0.2, 0) is 16.0 Å². The van der Waals surface area contributed by atoms with Crippen LogP contribution in [0.15, 0.2) is 30.9 Å². The van der Waals surface area contributed by atoms with Gasteiger partial charge >= 0.3 is 11.9 Å². The van der Waals surface area contributed by atoms with Crippen molar-refractivity contribution in [2.24, 2.45) is 0 Å². The Morgan fingerprint density at radius 3 is 2.78 bits per heavy atom. The highest BCUT2D eigenvalue weighted by molar-refractivity contribution is 5.91. The van der Waals surface area contributed by atoms with Crippen LogP contribution in [0, 0.1) is 12.3 Å². The molecule has 1 rings (SSSR count). The molecule has 0 atom stereocenters. The van der Waals surface area contributed by atoms with Crippen molar-refractivity contribution in [2.45, 2.75) is 6.42 Å². The third-order valence-corrected chi connectivity index (χ3v) is 2.20. The maximum Gasteiger partial charge on any atom is 0.336 e. The highest BCUT2D eigenvalue weighted by atomic mass is 16.5. The smallest absolute Gasteiger partial charge is 0.336 e. The minimum absolute atomic E-state index is 0.0148. The standard InChI is InChI=1S/C14H12O4/c1-3-7-18-13(15)9-11-6-5-10(4-2)8-12(11)14(16)17/h2-3,5-6,8H,1,7,9H2,(H,16,17). The number of aromatic carboxylic acids is 1. The van der Waals surface area contributed by atoms with Crippen LogP contribution in [-0.4, -0.2) is 23.7 Å². The molecule has 0 aromatic heterocycles. The van der Waals surface area contributed by atoms with Gasteiger partial charge in [0.2, 0.25) is 0 Å². The Morgan fingerprint density at radius 1 is 1.50 bits per heavy atom. The van der Waals surface area contributed by atoms with Crippen LogP contribution in [0.3, 0.4) is 0 Å². The lowest BCUT2D eigenvalue weighted by atomic mass is 10.0. The van der Waals surface area contributed by atoms with Crippen molar-refractivity contribution in [1.82, 2.24) is 0 Å². The fourth-order valence-electron chi connectivity index (χ4n) is 1.38. The number of rotatable bonds is 5. The third kappa shape index (κ3) is 3.49. The maximum atomic E-state index is 11.4. The van der Waals surface area contributed by atoms with Crippen molar-refractivity contribution in [2.75, 3.05) is 6.61 Å². The summed E-state index contributed by atoms with van der Waals surface area (Å²) in [5, 5.41) is 9.04. The molecule has 0 heterocycles. The fourth-order valence-corrected chi connectivity index (χ4v) is 1.38. The van der Waals surface area contributed by atoms with Gasteiger partial charge in [-0.1, -0.05) is 24.6 Å². The van der Waals surface area contributed by atoms with Gasteiger partial charge in [-0.25, -0.2) is 4.79 Å². The van der Waals surface area contributed by atoms with Gasteiger partial charge in [0, 0.05) is 5.56 Å². The van der Waals surface area contributed by atoms with Gasteiger partial charge in [0.1, 0.15) is 6.61 Å². The Morgan fingerprint density at radius 2 is 2.22 bits per heavy atom. The first-order valence-corrected chi connectivity index (χ1v) is 5.17. The molecule has 4 nitrogen and oxygen atoms in total. The van der Waals surface area contributed by atoms with E-state index in [-0.39, 0.29) is 18.6 Å². The number of carbonyl (C=O) groups is 2. The number of carbonyl (C=O) groups excluding carboxylic acids is 1. The van der Waals surface area contributed by atoms with Gasteiger partial charge in [-0.05, 0) is 17.7 Å². The van der Waals surface area contributed by atoms with E-state index in [0.717, 1.165) is 0 Å². The third-order valence-electron chi connectivity index (χ3n) is 2.20. The van der Waals surface area contributed by atoms with E-state index in [1.807, 2.05) is 0 Å². The Hall–Kier alpha value is -2.54. The number of hydrogen-bond donors (Lipinski definition) is 1. The van der Waals surface area contributed by atoms with Crippen LogP contribution in [0.25, 0.3) is 0 Å². The summed E-state index contributed by atoms with van der Waals surface area (Å²) in [6.07, 6.45) is 6.52. The van der Waals surface area contributed by atoms with Crippen LogP contribution in [0.5, 0.6) is 0 Å². The van der Waals surface area contributed by atoms with E-state index in [4.69, 9.17) is 16.3 Å².